The van der Waals surface area contributed by atoms with E-state index in [0.717, 1.165) is 6.20 Å². The normalized spacial score (nSPS) is 11.5. The van der Waals surface area contributed by atoms with E-state index in [1.54, 1.807) is 0 Å². The van der Waals surface area contributed by atoms with E-state index in [1.165, 1.54) is 28.7 Å². The Morgan fingerprint density at radius 3 is 2.60 bits per heavy atom. The van der Waals surface area contributed by atoms with E-state index >= 15 is 0 Å². The molecule has 0 aliphatic rings. The Kier molecular flexibility index (Phi) is 3.53. The first-order chi connectivity index (χ1) is 6.82. The number of hydrogen-bond donors (Lipinski definition) is 1. The SMILES string of the molecule is O=C(O)Cc1nccc(I)c1C(F)(F)F. The van der Waals surface area contributed by atoms with Gasteiger partial charge in [0, 0.05) is 9.77 Å². The van der Waals surface area contributed by atoms with Crippen molar-refractivity contribution in [3.05, 3.63) is 27.1 Å². The first-order valence-corrected chi connectivity index (χ1v) is 4.82. The van der Waals surface area contributed by atoms with Crippen LogP contribution in [0.3, 0.4) is 0 Å². The number of pyridine rings is 1. The summed E-state index contributed by atoms with van der Waals surface area (Å²) in [5, 5.41) is 8.44. The molecule has 0 saturated carbocycles. The molecule has 1 aromatic heterocycles. The number of carbonyl (C=O) groups is 1. The number of halogens is 4. The van der Waals surface area contributed by atoms with Crippen LogP contribution in [0.15, 0.2) is 12.3 Å². The lowest BCUT2D eigenvalue weighted by Gasteiger charge is -2.12. The number of carboxylic acids is 1. The monoisotopic (exact) mass is 331 g/mol. The number of aromatic nitrogens is 1. The lowest BCUT2D eigenvalue weighted by molar-refractivity contribution is -0.140. The van der Waals surface area contributed by atoms with Crippen LogP contribution in [0.25, 0.3) is 0 Å². The summed E-state index contributed by atoms with van der Waals surface area (Å²) in [6.07, 6.45) is -4.14. The molecule has 1 aromatic rings. The molecule has 1 N–H and O–H groups in total. The fourth-order valence-electron chi connectivity index (χ4n) is 1.05. The second kappa shape index (κ2) is 4.33. The average molecular weight is 331 g/mol. The molecule has 0 unspecified atom stereocenters. The Hall–Kier alpha value is -0.860. The number of nitrogens with zero attached hydrogens (tertiary/aromatic N) is 1. The van der Waals surface area contributed by atoms with Crippen molar-refractivity contribution in [2.75, 3.05) is 0 Å². The van der Waals surface area contributed by atoms with E-state index in [-0.39, 0.29) is 3.57 Å². The molecule has 0 radical (unpaired) electrons. The van der Waals surface area contributed by atoms with E-state index < -0.39 is 29.8 Å². The Morgan fingerprint density at radius 2 is 2.13 bits per heavy atom. The minimum Gasteiger partial charge on any atom is -0.481 e. The van der Waals surface area contributed by atoms with Gasteiger partial charge in [-0.25, -0.2) is 0 Å². The Bertz CT molecular complexity index is 392. The largest absolute Gasteiger partial charge is 0.481 e. The summed E-state index contributed by atoms with van der Waals surface area (Å²) in [5.41, 5.74) is -1.42. The van der Waals surface area contributed by atoms with Crippen molar-refractivity contribution in [1.29, 1.82) is 0 Å². The fraction of sp³-hybridized carbons (Fsp3) is 0.250. The van der Waals surface area contributed by atoms with Crippen molar-refractivity contribution in [1.82, 2.24) is 4.98 Å². The number of hydrogen-bond acceptors (Lipinski definition) is 2. The molecule has 0 spiro atoms. The predicted octanol–water partition coefficient (Wildman–Crippen LogP) is 2.33. The molecule has 1 rings (SSSR count). The second-order valence-corrected chi connectivity index (χ2v) is 3.84. The lowest BCUT2D eigenvalue weighted by Crippen LogP contribution is -2.15. The van der Waals surface area contributed by atoms with Gasteiger partial charge < -0.3 is 5.11 Å². The molecule has 0 aliphatic carbocycles. The van der Waals surface area contributed by atoms with Gasteiger partial charge in [-0.3, -0.25) is 9.78 Å². The maximum absolute atomic E-state index is 12.5. The zero-order chi connectivity index (χ0) is 11.6. The highest BCUT2D eigenvalue weighted by Gasteiger charge is 2.36. The lowest BCUT2D eigenvalue weighted by atomic mass is 10.1. The van der Waals surface area contributed by atoms with Crippen molar-refractivity contribution in [3.8, 4) is 0 Å². The summed E-state index contributed by atoms with van der Waals surface area (Å²) in [6, 6.07) is 1.19. The maximum atomic E-state index is 12.5. The number of aliphatic carboxylic acids is 1. The Balaban J connectivity index is 3.27. The number of alkyl halides is 3. The van der Waals surface area contributed by atoms with E-state index in [4.69, 9.17) is 5.11 Å². The molecule has 1 heterocycles. The molecule has 0 aromatic carbocycles. The van der Waals surface area contributed by atoms with Gasteiger partial charge in [0.05, 0.1) is 17.7 Å². The third-order valence-corrected chi connectivity index (χ3v) is 2.48. The van der Waals surface area contributed by atoms with E-state index in [1.807, 2.05) is 0 Å². The zero-order valence-corrected chi connectivity index (χ0v) is 9.33. The van der Waals surface area contributed by atoms with Gasteiger partial charge in [0.1, 0.15) is 0 Å². The molecule has 0 atom stereocenters. The highest BCUT2D eigenvalue weighted by molar-refractivity contribution is 14.1. The molecule has 82 valence electrons. The van der Waals surface area contributed by atoms with Gasteiger partial charge in [-0.1, -0.05) is 0 Å². The number of rotatable bonds is 2. The van der Waals surface area contributed by atoms with Crippen LogP contribution in [0.1, 0.15) is 11.3 Å². The molecular weight excluding hydrogens is 326 g/mol. The fourth-order valence-corrected chi connectivity index (χ4v) is 1.83. The smallest absolute Gasteiger partial charge is 0.419 e. The molecule has 0 saturated heterocycles. The summed E-state index contributed by atoms with van der Waals surface area (Å²) >= 11 is 1.51. The van der Waals surface area contributed by atoms with Crippen LogP contribution in [0, 0.1) is 3.57 Å². The van der Waals surface area contributed by atoms with Gasteiger partial charge in [-0.05, 0) is 28.7 Å². The van der Waals surface area contributed by atoms with Crippen LogP contribution in [0.4, 0.5) is 13.2 Å². The summed E-state index contributed by atoms with van der Waals surface area (Å²) < 4.78 is 37.5. The predicted molar refractivity (Wildman–Crippen MR) is 53.3 cm³/mol. The van der Waals surface area contributed by atoms with Crippen LogP contribution >= 0.6 is 22.6 Å². The topological polar surface area (TPSA) is 50.2 Å². The molecule has 7 heteroatoms. The molecule has 0 amide bonds. The minimum atomic E-state index is -4.57. The molecule has 15 heavy (non-hydrogen) atoms. The van der Waals surface area contributed by atoms with Crippen molar-refractivity contribution in [2.45, 2.75) is 12.6 Å². The van der Waals surface area contributed by atoms with Gasteiger partial charge >= 0.3 is 12.1 Å². The highest BCUT2D eigenvalue weighted by atomic mass is 127. The van der Waals surface area contributed by atoms with Crippen LogP contribution in [0.2, 0.25) is 0 Å². The van der Waals surface area contributed by atoms with Crippen LogP contribution in [0.5, 0.6) is 0 Å². The zero-order valence-electron chi connectivity index (χ0n) is 7.18. The highest BCUT2D eigenvalue weighted by Crippen LogP contribution is 2.34. The summed E-state index contributed by atoms with van der Waals surface area (Å²) in [4.78, 5) is 13.8. The van der Waals surface area contributed by atoms with Gasteiger partial charge in [0.15, 0.2) is 0 Å². The quantitative estimate of drug-likeness (QED) is 0.847. The number of carboxylic acid groups (broad SMARTS) is 1. The molecule has 0 aliphatic heterocycles. The third kappa shape index (κ3) is 3.05. The first-order valence-electron chi connectivity index (χ1n) is 3.74. The molecule has 0 fully saturated rings. The van der Waals surface area contributed by atoms with Crippen molar-refractivity contribution < 1.29 is 23.1 Å². The van der Waals surface area contributed by atoms with Gasteiger partial charge in [-0.15, -0.1) is 0 Å². The van der Waals surface area contributed by atoms with E-state index in [9.17, 15) is 18.0 Å². The maximum Gasteiger partial charge on any atom is 0.419 e. The van der Waals surface area contributed by atoms with Crippen LogP contribution < -0.4 is 0 Å². The second-order valence-electron chi connectivity index (χ2n) is 2.68. The Morgan fingerprint density at radius 1 is 1.53 bits per heavy atom. The Labute approximate surface area is 96.5 Å². The standard InChI is InChI=1S/C8H5F3INO2/c9-8(10,11)7-4(12)1-2-13-5(7)3-6(14)15/h1-2H,3H2,(H,14,15). The van der Waals surface area contributed by atoms with Crippen LogP contribution in [-0.4, -0.2) is 16.1 Å². The summed E-state index contributed by atoms with van der Waals surface area (Å²) in [7, 11) is 0. The summed E-state index contributed by atoms with van der Waals surface area (Å²) in [5.74, 6) is -1.34. The summed E-state index contributed by atoms with van der Waals surface area (Å²) in [6.45, 7) is 0. The first kappa shape index (κ1) is 12.2. The van der Waals surface area contributed by atoms with Crippen LogP contribution in [-0.2, 0) is 17.4 Å². The molecular formula is C8H5F3INO2. The van der Waals surface area contributed by atoms with Crippen molar-refractivity contribution in [2.24, 2.45) is 0 Å². The van der Waals surface area contributed by atoms with Gasteiger partial charge in [0.2, 0.25) is 0 Å². The van der Waals surface area contributed by atoms with Crippen molar-refractivity contribution >= 4 is 28.6 Å². The van der Waals surface area contributed by atoms with E-state index in [2.05, 4.69) is 4.98 Å². The molecule has 3 nitrogen and oxygen atoms in total. The third-order valence-electron chi connectivity index (χ3n) is 1.58. The molecule has 0 bridgehead atoms. The minimum absolute atomic E-state index is 0.0497. The van der Waals surface area contributed by atoms with Gasteiger partial charge in [-0.2, -0.15) is 13.2 Å². The van der Waals surface area contributed by atoms with Crippen molar-refractivity contribution in [3.63, 3.8) is 0 Å². The van der Waals surface area contributed by atoms with Gasteiger partial charge in [0.25, 0.3) is 0 Å². The average Bonchev–Trinajstić information content (AvgIpc) is 1.99. The van der Waals surface area contributed by atoms with E-state index in [0.29, 0.717) is 0 Å².